The topological polar surface area (TPSA) is 24.9 Å². The summed E-state index contributed by atoms with van der Waals surface area (Å²) in [6.07, 6.45) is 3.13. The van der Waals surface area contributed by atoms with Gasteiger partial charge < -0.3 is 5.32 Å². The van der Waals surface area contributed by atoms with Crippen LogP contribution in [0, 0.1) is 5.41 Å². The van der Waals surface area contributed by atoms with E-state index in [9.17, 15) is 0 Å². The van der Waals surface area contributed by atoms with Gasteiger partial charge in [-0.1, -0.05) is 13.8 Å². The van der Waals surface area contributed by atoms with Crippen molar-refractivity contribution in [1.29, 1.82) is 0 Å². The third-order valence-corrected chi connectivity index (χ3v) is 4.09. The zero-order chi connectivity index (χ0) is 10.5. The lowest BCUT2D eigenvalue weighted by atomic mass is 10.2. The third-order valence-electron chi connectivity index (χ3n) is 3.20. The Morgan fingerprint density at radius 3 is 3.00 bits per heavy atom. The van der Waals surface area contributed by atoms with E-state index in [-0.39, 0.29) is 0 Å². The highest BCUT2D eigenvalue weighted by Gasteiger charge is 2.45. The van der Waals surface area contributed by atoms with Crippen LogP contribution in [0.2, 0.25) is 0 Å². The molecule has 0 bridgehead atoms. The summed E-state index contributed by atoms with van der Waals surface area (Å²) in [7, 11) is 0. The summed E-state index contributed by atoms with van der Waals surface area (Å²) in [5.74, 6) is 1.05. The van der Waals surface area contributed by atoms with Crippen molar-refractivity contribution in [1.82, 2.24) is 4.98 Å². The molecule has 1 unspecified atom stereocenters. The Morgan fingerprint density at radius 1 is 1.47 bits per heavy atom. The highest BCUT2D eigenvalue weighted by atomic mass is 32.1. The van der Waals surface area contributed by atoms with E-state index in [1.807, 2.05) is 6.20 Å². The van der Waals surface area contributed by atoms with Crippen LogP contribution in [0.5, 0.6) is 0 Å². The van der Waals surface area contributed by atoms with Gasteiger partial charge in [-0.3, -0.25) is 0 Å². The zero-order valence-electron chi connectivity index (χ0n) is 8.95. The van der Waals surface area contributed by atoms with Gasteiger partial charge in [0, 0.05) is 22.3 Å². The molecular weight excluding hydrogens is 204 g/mol. The Morgan fingerprint density at radius 2 is 2.27 bits per heavy atom. The second kappa shape index (κ2) is 2.95. The third kappa shape index (κ3) is 1.51. The van der Waals surface area contributed by atoms with Crippen LogP contribution in [0.4, 0.5) is 5.82 Å². The van der Waals surface area contributed by atoms with Crippen LogP contribution in [0.1, 0.15) is 20.3 Å². The molecule has 0 saturated heterocycles. The van der Waals surface area contributed by atoms with Crippen LogP contribution in [0.15, 0.2) is 23.7 Å². The van der Waals surface area contributed by atoms with E-state index in [0.717, 1.165) is 5.82 Å². The van der Waals surface area contributed by atoms with E-state index in [1.54, 1.807) is 11.3 Å². The van der Waals surface area contributed by atoms with Crippen LogP contribution in [0.3, 0.4) is 0 Å². The molecule has 1 N–H and O–H groups in total. The van der Waals surface area contributed by atoms with Crippen LogP contribution >= 0.6 is 11.3 Å². The van der Waals surface area contributed by atoms with Crippen molar-refractivity contribution < 1.29 is 0 Å². The zero-order valence-corrected chi connectivity index (χ0v) is 9.77. The second-order valence-electron chi connectivity index (χ2n) is 4.88. The standard InChI is InChI=1S/C12H14N2S/c1-12(2)7-10(12)14-11-8-4-6-15-9(8)3-5-13-11/h3-6,10H,7H2,1-2H3,(H,13,14). The van der Waals surface area contributed by atoms with Gasteiger partial charge in [-0.15, -0.1) is 11.3 Å². The van der Waals surface area contributed by atoms with Crippen molar-refractivity contribution in [2.24, 2.45) is 5.41 Å². The Balaban J connectivity index is 1.94. The number of hydrogen-bond acceptors (Lipinski definition) is 3. The molecule has 1 saturated carbocycles. The van der Waals surface area contributed by atoms with Crippen LogP contribution in [-0.4, -0.2) is 11.0 Å². The molecule has 3 rings (SSSR count). The van der Waals surface area contributed by atoms with Crippen molar-refractivity contribution in [2.75, 3.05) is 5.32 Å². The number of fused-ring (bicyclic) bond motifs is 1. The molecule has 2 aromatic heterocycles. The molecule has 1 fully saturated rings. The van der Waals surface area contributed by atoms with Gasteiger partial charge in [-0.05, 0) is 29.3 Å². The Bertz CT molecular complexity index is 501. The molecule has 2 nitrogen and oxygen atoms in total. The van der Waals surface area contributed by atoms with Gasteiger partial charge in [0.2, 0.25) is 0 Å². The van der Waals surface area contributed by atoms with Crippen molar-refractivity contribution in [2.45, 2.75) is 26.3 Å². The lowest BCUT2D eigenvalue weighted by molar-refractivity contribution is 0.630. The summed E-state index contributed by atoms with van der Waals surface area (Å²) in [5.41, 5.74) is 0.444. The Hall–Kier alpha value is -1.09. The van der Waals surface area contributed by atoms with E-state index in [1.165, 1.54) is 16.5 Å². The quantitative estimate of drug-likeness (QED) is 0.834. The second-order valence-corrected chi connectivity index (χ2v) is 5.83. The first-order valence-electron chi connectivity index (χ1n) is 5.25. The van der Waals surface area contributed by atoms with Gasteiger partial charge in [-0.25, -0.2) is 4.98 Å². The first-order valence-corrected chi connectivity index (χ1v) is 6.13. The molecule has 0 radical (unpaired) electrons. The lowest BCUT2D eigenvalue weighted by Crippen LogP contribution is -2.09. The number of pyridine rings is 1. The average Bonchev–Trinajstić information content (AvgIpc) is 2.66. The van der Waals surface area contributed by atoms with Gasteiger partial charge in [0.1, 0.15) is 5.82 Å². The van der Waals surface area contributed by atoms with E-state index in [2.05, 4.69) is 41.7 Å². The van der Waals surface area contributed by atoms with Crippen LogP contribution in [-0.2, 0) is 0 Å². The molecule has 0 amide bonds. The highest BCUT2D eigenvalue weighted by molar-refractivity contribution is 7.17. The van der Waals surface area contributed by atoms with Crippen molar-refractivity contribution >= 4 is 27.2 Å². The van der Waals surface area contributed by atoms with Gasteiger partial charge in [0.05, 0.1) is 0 Å². The molecule has 1 atom stereocenters. The molecule has 3 heteroatoms. The first kappa shape index (κ1) is 9.16. The maximum Gasteiger partial charge on any atom is 0.134 e. The minimum atomic E-state index is 0.444. The van der Waals surface area contributed by atoms with E-state index in [0.29, 0.717) is 11.5 Å². The van der Waals surface area contributed by atoms with Gasteiger partial charge in [0.25, 0.3) is 0 Å². The van der Waals surface area contributed by atoms with Crippen LogP contribution < -0.4 is 5.32 Å². The number of thiophene rings is 1. The number of aromatic nitrogens is 1. The van der Waals surface area contributed by atoms with E-state index >= 15 is 0 Å². The number of nitrogens with one attached hydrogen (secondary N) is 1. The summed E-state index contributed by atoms with van der Waals surface area (Å²) in [6, 6.07) is 4.81. The van der Waals surface area contributed by atoms with Gasteiger partial charge in [0.15, 0.2) is 0 Å². The summed E-state index contributed by atoms with van der Waals surface area (Å²) in [4.78, 5) is 4.42. The molecule has 1 aliphatic rings. The lowest BCUT2D eigenvalue weighted by Gasteiger charge is -2.07. The fourth-order valence-electron chi connectivity index (χ4n) is 1.89. The fraction of sp³-hybridized carbons (Fsp3) is 0.417. The Labute approximate surface area is 93.3 Å². The van der Waals surface area contributed by atoms with E-state index < -0.39 is 0 Å². The van der Waals surface area contributed by atoms with Crippen LogP contribution in [0.25, 0.3) is 10.1 Å². The number of rotatable bonds is 2. The number of hydrogen-bond donors (Lipinski definition) is 1. The van der Waals surface area contributed by atoms with Crippen molar-refractivity contribution in [3.63, 3.8) is 0 Å². The van der Waals surface area contributed by atoms with E-state index in [4.69, 9.17) is 0 Å². The molecule has 15 heavy (non-hydrogen) atoms. The van der Waals surface area contributed by atoms with Gasteiger partial charge >= 0.3 is 0 Å². The van der Waals surface area contributed by atoms with Crippen molar-refractivity contribution in [3.8, 4) is 0 Å². The van der Waals surface area contributed by atoms with Gasteiger partial charge in [-0.2, -0.15) is 0 Å². The summed E-state index contributed by atoms with van der Waals surface area (Å²) >= 11 is 1.77. The maximum atomic E-state index is 4.42. The summed E-state index contributed by atoms with van der Waals surface area (Å²) in [6.45, 7) is 4.58. The predicted octanol–water partition coefficient (Wildman–Crippen LogP) is 3.51. The van der Waals surface area contributed by atoms with Crippen molar-refractivity contribution in [3.05, 3.63) is 23.7 Å². The smallest absolute Gasteiger partial charge is 0.134 e. The molecule has 2 aromatic rings. The Kier molecular flexibility index (Phi) is 1.80. The average molecular weight is 218 g/mol. The summed E-state index contributed by atoms with van der Waals surface area (Å²) < 4.78 is 1.31. The number of nitrogens with zero attached hydrogens (tertiary/aromatic N) is 1. The maximum absolute atomic E-state index is 4.42. The fourth-order valence-corrected chi connectivity index (χ4v) is 2.67. The summed E-state index contributed by atoms with van der Waals surface area (Å²) in [5, 5.41) is 6.91. The minimum absolute atomic E-state index is 0.444. The molecule has 0 aliphatic heterocycles. The first-order chi connectivity index (χ1) is 7.17. The molecule has 0 spiro atoms. The molecule has 0 aromatic carbocycles. The minimum Gasteiger partial charge on any atom is -0.366 e. The highest BCUT2D eigenvalue weighted by Crippen LogP contribution is 2.46. The monoisotopic (exact) mass is 218 g/mol. The predicted molar refractivity (Wildman–Crippen MR) is 65.4 cm³/mol. The normalized spacial score (nSPS) is 22.9. The molecule has 2 heterocycles. The largest absolute Gasteiger partial charge is 0.366 e. The number of anilines is 1. The SMILES string of the molecule is CC1(C)CC1Nc1nccc2sccc12. The molecular formula is C12H14N2S. The molecule has 78 valence electrons. The molecule has 1 aliphatic carbocycles.